The summed E-state index contributed by atoms with van der Waals surface area (Å²) >= 11 is 18.5. The van der Waals surface area contributed by atoms with Gasteiger partial charge in [0.15, 0.2) is 0 Å². The van der Waals surface area contributed by atoms with Crippen molar-refractivity contribution in [1.29, 1.82) is 0 Å². The highest BCUT2D eigenvalue weighted by atomic mass is 35.5. The second-order valence-corrected chi connectivity index (χ2v) is 14.9. The van der Waals surface area contributed by atoms with E-state index < -0.39 is 56.9 Å². The van der Waals surface area contributed by atoms with Crippen molar-refractivity contribution < 1.29 is 31.2 Å². The Balaban J connectivity index is 1.89. The van der Waals surface area contributed by atoms with Gasteiger partial charge in [0.2, 0.25) is 11.8 Å². The summed E-state index contributed by atoms with van der Waals surface area (Å²) in [6.07, 6.45) is -4.31. The number of benzene rings is 4. The predicted octanol–water partition coefficient (Wildman–Crippen LogP) is 8.72. The van der Waals surface area contributed by atoms with Gasteiger partial charge in [0.1, 0.15) is 12.6 Å². The largest absolute Gasteiger partial charge is 0.417 e. The molecule has 2 amide bonds. The van der Waals surface area contributed by atoms with Crippen LogP contribution in [0.15, 0.2) is 95.9 Å². The summed E-state index contributed by atoms with van der Waals surface area (Å²) in [5.41, 5.74) is 0.0993. The van der Waals surface area contributed by atoms with E-state index in [-0.39, 0.29) is 28.9 Å². The molecule has 0 aliphatic rings. The fourth-order valence-electron chi connectivity index (χ4n) is 5.08. The Morgan fingerprint density at radius 2 is 1.54 bits per heavy atom. The SMILES string of the molecule is CC[C@H](C)NC(=O)[C@H](Cc1ccccc1)N(Cc1ccc(Cl)cc1Cl)C(=O)CN(c1ccc(Cl)c(C(F)(F)F)c1)S(=O)(=O)c1ccc(C)cc1. The monoisotopic (exact) mass is 767 g/mol. The third kappa shape index (κ3) is 9.72. The van der Waals surface area contributed by atoms with Crippen LogP contribution < -0.4 is 9.62 Å². The Kier molecular flexibility index (Phi) is 12.9. The van der Waals surface area contributed by atoms with Gasteiger partial charge in [0, 0.05) is 29.1 Å². The maximum Gasteiger partial charge on any atom is 0.417 e. The van der Waals surface area contributed by atoms with E-state index in [1.54, 1.807) is 56.3 Å². The summed E-state index contributed by atoms with van der Waals surface area (Å²) in [5, 5.41) is 2.78. The van der Waals surface area contributed by atoms with Crippen LogP contribution in [0.4, 0.5) is 18.9 Å². The number of anilines is 1. The van der Waals surface area contributed by atoms with Crippen molar-refractivity contribution in [2.75, 3.05) is 10.8 Å². The molecule has 0 aromatic heterocycles. The van der Waals surface area contributed by atoms with Gasteiger partial charge in [-0.05, 0) is 73.9 Å². The third-order valence-electron chi connectivity index (χ3n) is 8.06. The van der Waals surface area contributed by atoms with Crippen LogP contribution in [0.3, 0.4) is 0 Å². The zero-order valence-electron chi connectivity index (χ0n) is 27.3. The first-order chi connectivity index (χ1) is 23.5. The van der Waals surface area contributed by atoms with E-state index in [1.165, 1.54) is 35.2 Å². The average molecular weight is 769 g/mol. The molecule has 1 N–H and O–H groups in total. The van der Waals surface area contributed by atoms with Gasteiger partial charge in [0.05, 0.1) is 21.2 Å². The molecule has 0 bridgehead atoms. The first-order valence-electron chi connectivity index (χ1n) is 15.5. The van der Waals surface area contributed by atoms with E-state index in [0.29, 0.717) is 32.9 Å². The number of nitrogens with one attached hydrogen (secondary N) is 1. The normalized spacial score (nSPS) is 13.0. The lowest BCUT2D eigenvalue weighted by Gasteiger charge is -2.34. The van der Waals surface area contributed by atoms with Crippen molar-refractivity contribution >= 4 is 62.3 Å². The Bertz CT molecular complexity index is 1930. The highest BCUT2D eigenvalue weighted by Crippen LogP contribution is 2.38. The molecule has 50 heavy (non-hydrogen) atoms. The molecular formula is C36H35Cl3F3N3O4S. The number of rotatable bonds is 13. The highest BCUT2D eigenvalue weighted by Gasteiger charge is 2.38. The minimum atomic E-state index is -4.93. The number of amides is 2. The summed E-state index contributed by atoms with van der Waals surface area (Å²) in [6, 6.07) is 20.3. The lowest BCUT2D eigenvalue weighted by Crippen LogP contribution is -2.54. The van der Waals surface area contributed by atoms with Gasteiger partial charge in [-0.25, -0.2) is 8.42 Å². The van der Waals surface area contributed by atoms with Crippen molar-refractivity contribution in [3.05, 3.63) is 128 Å². The molecule has 0 heterocycles. The van der Waals surface area contributed by atoms with Crippen LogP contribution in [0.2, 0.25) is 15.1 Å². The summed E-state index contributed by atoms with van der Waals surface area (Å²) in [5.74, 6) is -1.39. The van der Waals surface area contributed by atoms with E-state index in [2.05, 4.69) is 5.32 Å². The second kappa shape index (κ2) is 16.5. The smallest absolute Gasteiger partial charge is 0.352 e. The summed E-state index contributed by atoms with van der Waals surface area (Å²) in [4.78, 5) is 29.5. The molecule has 0 fully saturated rings. The topological polar surface area (TPSA) is 86.8 Å². The standard InChI is InChI=1S/C36H35Cl3F3N3O4S/c1-4-24(3)43-35(47)33(18-25-8-6-5-7-9-25)44(21-26-12-13-27(37)19-32(26)39)34(46)22-45(50(48,49)29-15-10-23(2)11-16-29)28-14-17-31(38)30(20-28)36(40,41)42/h5-17,19-20,24,33H,4,18,21-22H2,1-3H3,(H,43,47)/t24-,33-/m0/s1. The number of hydrogen-bond donors (Lipinski definition) is 1. The molecule has 7 nitrogen and oxygen atoms in total. The maximum atomic E-state index is 14.6. The first kappa shape index (κ1) is 39.0. The number of carbonyl (C=O) groups excluding carboxylic acids is 2. The van der Waals surface area contributed by atoms with Gasteiger partial charge < -0.3 is 10.2 Å². The van der Waals surface area contributed by atoms with Crippen LogP contribution in [-0.2, 0) is 38.8 Å². The predicted molar refractivity (Wildman–Crippen MR) is 191 cm³/mol. The molecule has 266 valence electrons. The lowest BCUT2D eigenvalue weighted by atomic mass is 10.0. The Labute approximate surface area is 305 Å². The highest BCUT2D eigenvalue weighted by molar-refractivity contribution is 7.92. The van der Waals surface area contributed by atoms with Crippen molar-refractivity contribution in [1.82, 2.24) is 10.2 Å². The summed E-state index contributed by atoms with van der Waals surface area (Å²) in [7, 11) is -4.66. The number of nitrogens with zero attached hydrogens (tertiary/aromatic N) is 2. The molecule has 14 heteroatoms. The molecule has 0 aliphatic heterocycles. The van der Waals surface area contributed by atoms with Crippen molar-refractivity contribution in [2.45, 2.75) is 63.3 Å². The number of carbonyl (C=O) groups is 2. The van der Waals surface area contributed by atoms with E-state index in [9.17, 15) is 31.2 Å². The molecule has 0 spiro atoms. The number of alkyl halides is 3. The Morgan fingerprint density at radius 1 is 0.880 bits per heavy atom. The van der Waals surface area contributed by atoms with E-state index in [1.807, 2.05) is 6.92 Å². The molecule has 2 atom stereocenters. The quantitative estimate of drug-likeness (QED) is 0.148. The van der Waals surface area contributed by atoms with Crippen LogP contribution in [0.25, 0.3) is 0 Å². The fourth-order valence-corrected chi connectivity index (χ4v) is 7.18. The average Bonchev–Trinajstić information content (AvgIpc) is 3.06. The van der Waals surface area contributed by atoms with Gasteiger partial charge >= 0.3 is 6.18 Å². The number of hydrogen-bond acceptors (Lipinski definition) is 4. The van der Waals surface area contributed by atoms with Crippen molar-refractivity contribution in [2.24, 2.45) is 0 Å². The number of halogens is 6. The fraction of sp³-hybridized carbons (Fsp3) is 0.278. The molecule has 0 saturated heterocycles. The zero-order valence-corrected chi connectivity index (χ0v) is 30.4. The molecule has 4 aromatic rings. The van der Waals surface area contributed by atoms with Crippen LogP contribution in [0.5, 0.6) is 0 Å². The minimum absolute atomic E-state index is 0.0317. The molecule has 0 saturated carbocycles. The summed E-state index contributed by atoms with van der Waals surface area (Å²) < 4.78 is 71.0. The van der Waals surface area contributed by atoms with Crippen molar-refractivity contribution in [3.8, 4) is 0 Å². The Morgan fingerprint density at radius 3 is 2.14 bits per heavy atom. The van der Waals surface area contributed by atoms with Crippen LogP contribution in [0.1, 0.15) is 42.5 Å². The summed E-state index contributed by atoms with van der Waals surface area (Å²) in [6.45, 7) is 4.19. The maximum absolute atomic E-state index is 14.6. The van der Waals surface area contributed by atoms with E-state index >= 15 is 0 Å². The second-order valence-electron chi connectivity index (χ2n) is 11.8. The molecular weight excluding hydrogens is 734 g/mol. The van der Waals surface area contributed by atoms with E-state index in [0.717, 1.165) is 17.7 Å². The molecule has 4 aromatic carbocycles. The molecule has 0 radical (unpaired) electrons. The lowest BCUT2D eigenvalue weighted by molar-refractivity contribution is -0.140. The minimum Gasteiger partial charge on any atom is -0.352 e. The third-order valence-corrected chi connectivity index (χ3v) is 10.8. The van der Waals surface area contributed by atoms with Crippen LogP contribution in [0, 0.1) is 6.92 Å². The van der Waals surface area contributed by atoms with Crippen molar-refractivity contribution in [3.63, 3.8) is 0 Å². The molecule has 0 aliphatic carbocycles. The number of sulfonamides is 1. The van der Waals surface area contributed by atoms with Gasteiger partial charge in [-0.15, -0.1) is 0 Å². The number of aryl methyl sites for hydroxylation is 1. The molecule has 4 rings (SSSR count). The van der Waals surface area contributed by atoms with Gasteiger partial charge in [-0.1, -0.05) is 95.8 Å². The first-order valence-corrected chi connectivity index (χ1v) is 18.1. The Hall–Kier alpha value is -3.77. The van der Waals surface area contributed by atoms with E-state index in [4.69, 9.17) is 34.8 Å². The van der Waals surface area contributed by atoms with Crippen LogP contribution >= 0.6 is 34.8 Å². The molecule has 0 unspecified atom stereocenters. The van der Waals surface area contributed by atoms with Crippen LogP contribution in [-0.4, -0.2) is 43.8 Å². The van der Waals surface area contributed by atoms with Gasteiger partial charge in [0.25, 0.3) is 10.0 Å². The van der Waals surface area contributed by atoms with Gasteiger partial charge in [-0.3, -0.25) is 13.9 Å². The zero-order chi connectivity index (χ0) is 36.8. The van der Waals surface area contributed by atoms with Gasteiger partial charge in [-0.2, -0.15) is 13.2 Å².